The molecule has 2 heterocycles. The van der Waals surface area contributed by atoms with E-state index in [0.29, 0.717) is 11.1 Å². The minimum absolute atomic E-state index is 0.504. The molecule has 2 aromatic rings. The zero-order chi connectivity index (χ0) is 12.9. The minimum atomic E-state index is 0.504. The summed E-state index contributed by atoms with van der Waals surface area (Å²) in [4.78, 5) is 11.3. The van der Waals surface area contributed by atoms with Gasteiger partial charge in [-0.3, -0.25) is 0 Å². The predicted molar refractivity (Wildman–Crippen MR) is 82.5 cm³/mol. The van der Waals surface area contributed by atoms with Crippen molar-refractivity contribution in [2.45, 2.75) is 25.7 Å². The monoisotopic (exact) mass is 406 g/mol. The molecule has 94 valence electrons. The smallest absolute Gasteiger partial charge is 0.171 e. The van der Waals surface area contributed by atoms with Gasteiger partial charge in [-0.2, -0.15) is 0 Å². The Morgan fingerprint density at radius 3 is 2.61 bits per heavy atom. The second-order valence-electron chi connectivity index (χ2n) is 4.33. The number of hydrogen-bond donors (Lipinski definition) is 0. The molecule has 0 atom stereocenters. The Morgan fingerprint density at radius 2 is 2.06 bits per heavy atom. The van der Waals surface area contributed by atoms with E-state index in [1.54, 1.807) is 11.3 Å². The number of aryl methyl sites for hydroxylation is 1. The van der Waals surface area contributed by atoms with E-state index in [9.17, 15) is 0 Å². The van der Waals surface area contributed by atoms with Crippen LogP contribution in [-0.4, -0.2) is 9.97 Å². The zero-order valence-corrected chi connectivity index (χ0v) is 14.2. The molecular weight excluding hydrogens is 399 g/mol. The van der Waals surface area contributed by atoms with Crippen molar-refractivity contribution < 1.29 is 0 Å². The highest BCUT2D eigenvalue weighted by Crippen LogP contribution is 2.44. The fourth-order valence-corrected chi connectivity index (χ4v) is 3.89. The third kappa shape index (κ3) is 2.38. The van der Waals surface area contributed by atoms with Gasteiger partial charge in [0.25, 0.3) is 0 Å². The van der Waals surface area contributed by atoms with Crippen molar-refractivity contribution in [3.63, 3.8) is 0 Å². The van der Waals surface area contributed by atoms with Crippen LogP contribution in [0.3, 0.4) is 0 Å². The van der Waals surface area contributed by atoms with Crippen LogP contribution in [0.2, 0.25) is 5.15 Å². The summed E-state index contributed by atoms with van der Waals surface area (Å²) in [6, 6.07) is 2.05. The van der Waals surface area contributed by atoms with Crippen molar-refractivity contribution in [2.24, 2.45) is 0 Å². The van der Waals surface area contributed by atoms with Crippen LogP contribution in [-0.2, 0) is 0 Å². The molecule has 0 bridgehead atoms. The first-order chi connectivity index (χ1) is 8.56. The number of aromatic nitrogens is 2. The molecular formula is C12H9Br2ClN2S. The highest BCUT2D eigenvalue weighted by molar-refractivity contribution is 9.11. The number of halogens is 3. The lowest BCUT2D eigenvalue weighted by molar-refractivity contribution is 0.982. The van der Waals surface area contributed by atoms with Gasteiger partial charge in [-0.25, -0.2) is 9.97 Å². The van der Waals surface area contributed by atoms with E-state index in [1.807, 2.05) is 0 Å². The van der Waals surface area contributed by atoms with Crippen molar-refractivity contribution in [2.75, 3.05) is 0 Å². The van der Waals surface area contributed by atoms with Gasteiger partial charge in [0.2, 0.25) is 0 Å². The minimum Gasteiger partial charge on any atom is -0.231 e. The van der Waals surface area contributed by atoms with Crippen molar-refractivity contribution in [1.29, 1.82) is 0 Å². The summed E-state index contributed by atoms with van der Waals surface area (Å²) in [6.07, 6.45) is 2.39. The molecule has 0 amide bonds. The summed E-state index contributed by atoms with van der Waals surface area (Å²) < 4.78 is 1.95. The van der Waals surface area contributed by atoms with E-state index < -0.39 is 0 Å². The van der Waals surface area contributed by atoms with Crippen LogP contribution in [0.4, 0.5) is 0 Å². The van der Waals surface area contributed by atoms with Crippen molar-refractivity contribution in [3.8, 4) is 10.7 Å². The topological polar surface area (TPSA) is 25.8 Å². The molecule has 0 N–H and O–H groups in total. The normalized spacial score (nSPS) is 15.1. The third-order valence-corrected chi connectivity index (χ3v) is 6.29. The van der Waals surface area contributed by atoms with Crippen LogP contribution in [0.5, 0.6) is 0 Å². The van der Waals surface area contributed by atoms with Gasteiger partial charge in [-0.15, -0.1) is 11.3 Å². The van der Waals surface area contributed by atoms with Gasteiger partial charge in [0.1, 0.15) is 5.15 Å². The van der Waals surface area contributed by atoms with Gasteiger partial charge in [0.15, 0.2) is 5.82 Å². The van der Waals surface area contributed by atoms with Crippen LogP contribution < -0.4 is 0 Å². The standard InChI is InChI=1S/C12H9Br2ClN2S/c1-5-7(13)4-8(18-5)12-16-10(6-2-3-6)9(14)11(15)17-12/h4,6H,2-3H2,1H3. The Hall–Kier alpha value is 0.0300. The van der Waals surface area contributed by atoms with Gasteiger partial charge < -0.3 is 0 Å². The van der Waals surface area contributed by atoms with Crippen LogP contribution in [0, 0.1) is 6.92 Å². The Labute approximate surface area is 131 Å². The Balaban J connectivity index is 2.12. The first-order valence-corrected chi connectivity index (χ1v) is 8.33. The van der Waals surface area contributed by atoms with E-state index >= 15 is 0 Å². The Kier molecular flexibility index (Phi) is 3.51. The van der Waals surface area contributed by atoms with Crippen molar-refractivity contribution >= 4 is 54.8 Å². The van der Waals surface area contributed by atoms with E-state index in [2.05, 4.69) is 54.8 Å². The second-order valence-corrected chi connectivity index (χ2v) is 7.59. The van der Waals surface area contributed by atoms with Crippen molar-refractivity contribution in [3.05, 3.63) is 30.7 Å². The lowest BCUT2D eigenvalue weighted by Crippen LogP contribution is -1.96. The predicted octanol–water partition coefficient (Wildman–Crippen LogP) is 5.57. The summed E-state index contributed by atoms with van der Waals surface area (Å²) in [5.41, 5.74) is 1.05. The SMILES string of the molecule is Cc1sc(-c2nc(Cl)c(Br)c(C3CC3)n2)cc1Br. The van der Waals surface area contributed by atoms with Gasteiger partial charge in [0, 0.05) is 15.3 Å². The molecule has 6 heteroatoms. The van der Waals surface area contributed by atoms with Crippen LogP contribution in [0.25, 0.3) is 10.7 Å². The van der Waals surface area contributed by atoms with E-state index in [-0.39, 0.29) is 0 Å². The molecule has 18 heavy (non-hydrogen) atoms. The Morgan fingerprint density at radius 1 is 1.33 bits per heavy atom. The van der Waals surface area contributed by atoms with Crippen molar-refractivity contribution in [1.82, 2.24) is 9.97 Å². The molecule has 0 radical (unpaired) electrons. The first-order valence-electron chi connectivity index (χ1n) is 5.55. The molecule has 1 aliphatic rings. The quantitative estimate of drug-likeness (QED) is 0.607. The molecule has 3 rings (SSSR count). The van der Waals surface area contributed by atoms with Crippen LogP contribution >= 0.6 is 54.8 Å². The lowest BCUT2D eigenvalue weighted by atomic mass is 10.3. The fourth-order valence-electron chi connectivity index (χ4n) is 1.74. The lowest BCUT2D eigenvalue weighted by Gasteiger charge is -2.05. The maximum atomic E-state index is 6.18. The third-order valence-electron chi connectivity index (χ3n) is 2.88. The fraction of sp³-hybridized carbons (Fsp3) is 0.333. The van der Waals surface area contributed by atoms with Crippen LogP contribution in [0.1, 0.15) is 29.3 Å². The maximum absolute atomic E-state index is 6.18. The molecule has 0 spiro atoms. The average molecular weight is 409 g/mol. The molecule has 2 aromatic heterocycles. The zero-order valence-electron chi connectivity index (χ0n) is 9.51. The molecule has 1 aliphatic carbocycles. The summed E-state index contributed by atoms with van der Waals surface area (Å²) in [7, 11) is 0. The largest absolute Gasteiger partial charge is 0.231 e. The Bertz CT molecular complexity index is 603. The first kappa shape index (κ1) is 13.0. The molecule has 0 unspecified atom stereocenters. The summed E-state index contributed by atoms with van der Waals surface area (Å²) >= 11 is 14.9. The highest BCUT2D eigenvalue weighted by Gasteiger charge is 2.29. The number of nitrogens with zero attached hydrogens (tertiary/aromatic N) is 2. The van der Waals surface area contributed by atoms with Gasteiger partial charge in [0.05, 0.1) is 15.0 Å². The number of thiophene rings is 1. The van der Waals surface area contributed by atoms with Gasteiger partial charge >= 0.3 is 0 Å². The summed E-state index contributed by atoms with van der Waals surface area (Å²) in [5.74, 6) is 1.27. The molecule has 1 fully saturated rings. The molecule has 2 nitrogen and oxygen atoms in total. The van der Waals surface area contributed by atoms with Gasteiger partial charge in [-0.05, 0) is 57.7 Å². The van der Waals surface area contributed by atoms with E-state index in [4.69, 9.17) is 11.6 Å². The summed E-state index contributed by atoms with van der Waals surface area (Å²) in [5, 5.41) is 0.504. The molecule has 1 saturated carbocycles. The second kappa shape index (κ2) is 4.85. The molecule has 0 aromatic carbocycles. The highest BCUT2D eigenvalue weighted by atomic mass is 79.9. The number of rotatable bonds is 2. The average Bonchev–Trinajstić information content (AvgIpc) is 3.10. The molecule has 0 saturated heterocycles. The maximum Gasteiger partial charge on any atom is 0.171 e. The number of hydrogen-bond acceptors (Lipinski definition) is 3. The van der Waals surface area contributed by atoms with E-state index in [1.165, 1.54) is 17.7 Å². The van der Waals surface area contributed by atoms with Gasteiger partial charge in [-0.1, -0.05) is 11.6 Å². The summed E-state index contributed by atoms with van der Waals surface area (Å²) in [6.45, 7) is 2.07. The van der Waals surface area contributed by atoms with Crippen LogP contribution in [0.15, 0.2) is 15.0 Å². The van der Waals surface area contributed by atoms with E-state index in [0.717, 1.165) is 25.3 Å². The molecule has 0 aliphatic heterocycles.